The van der Waals surface area contributed by atoms with Crippen LogP contribution in [0.4, 0.5) is 10.1 Å². The maximum atomic E-state index is 13.8. The van der Waals surface area contributed by atoms with Gasteiger partial charge in [0.2, 0.25) is 5.76 Å². The first kappa shape index (κ1) is 23.2. The fraction of sp³-hybridized carbons (Fsp3) is 0.0667. The van der Waals surface area contributed by atoms with Gasteiger partial charge in [-0.15, -0.1) is 0 Å². The molecule has 1 aromatic heterocycles. The number of amides is 1. The Kier molecular flexibility index (Phi) is 5.85. The molecule has 1 unspecified atom stereocenters. The highest BCUT2D eigenvalue weighted by molar-refractivity contribution is 9.10. The van der Waals surface area contributed by atoms with E-state index in [-0.39, 0.29) is 16.8 Å². The molecule has 6 rings (SSSR count). The van der Waals surface area contributed by atoms with Crippen LogP contribution in [-0.4, -0.2) is 5.91 Å². The lowest BCUT2D eigenvalue weighted by Crippen LogP contribution is -2.29. The van der Waals surface area contributed by atoms with Crippen molar-refractivity contribution in [3.8, 4) is 5.75 Å². The number of anilines is 1. The van der Waals surface area contributed by atoms with Crippen LogP contribution in [0, 0.1) is 5.82 Å². The summed E-state index contributed by atoms with van der Waals surface area (Å²) in [4.78, 5) is 28.9. The van der Waals surface area contributed by atoms with Gasteiger partial charge in [0.25, 0.3) is 5.91 Å². The summed E-state index contributed by atoms with van der Waals surface area (Å²) in [6.45, 7) is 0.368. The molecule has 0 bridgehead atoms. The highest BCUT2D eigenvalue weighted by Gasteiger charge is 2.43. The normalized spacial score (nSPS) is 14.7. The predicted molar refractivity (Wildman–Crippen MR) is 142 cm³/mol. The van der Waals surface area contributed by atoms with Gasteiger partial charge in [0.1, 0.15) is 23.8 Å². The Bertz CT molecular complexity index is 1700. The largest absolute Gasteiger partial charge is 0.489 e. The van der Waals surface area contributed by atoms with E-state index in [4.69, 9.17) is 9.15 Å². The minimum atomic E-state index is -0.784. The molecule has 1 atom stereocenters. The summed E-state index contributed by atoms with van der Waals surface area (Å²) in [5.74, 6) is -0.325. The average Bonchev–Trinajstić information content (AvgIpc) is 3.21. The van der Waals surface area contributed by atoms with Crippen molar-refractivity contribution in [3.05, 3.63) is 140 Å². The number of nitrogens with zero attached hydrogens (tertiary/aromatic N) is 1. The van der Waals surface area contributed by atoms with Crippen molar-refractivity contribution in [2.24, 2.45) is 0 Å². The number of fused-ring (bicyclic) bond motifs is 2. The van der Waals surface area contributed by atoms with Crippen LogP contribution in [-0.2, 0) is 6.61 Å². The third kappa shape index (κ3) is 4.21. The van der Waals surface area contributed by atoms with Gasteiger partial charge in [-0.2, -0.15) is 0 Å². The summed E-state index contributed by atoms with van der Waals surface area (Å²) in [6, 6.07) is 27.0. The molecule has 2 heterocycles. The fourth-order valence-corrected chi connectivity index (χ4v) is 5.00. The molecule has 0 saturated heterocycles. The number of carbonyl (C=O) groups is 1. The van der Waals surface area contributed by atoms with Crippen molar-refractivity contribution in [1.29, 1.82) is 0 Å². The van der Waals surface area contributed by atoms with Crippen molar-refractivity contribution in [3.63, 3.8) is 0 Å². The van der Waals surface area contributed by atoms with E-state index in [0.29, 0.717) is 34.6 Å². The summed E-state index contributed by atoms with van der Waals surface area (Å²) in [5, 5.41) is 0.364. The Balaban J connectivity index is 1.50. The first-order valence-electron chi connectivity index (χ1n) is 11.6. The average molecular weight is 556 g/mol. The third-order valence-electron chi connectivity index (χ3n) is 6.36. The second-order valence-electron chi connectivity index (χ2n) is 8.72. The van der Waals surface area contributed by atoms with Gasteiger partial charge in [-0.05, 0) is 65.7 Å². The maximum absolute atomic E-state index is 13.8. The van der Waals surface area contributed by atoms with Gasteiger partial charge < -0.3 is 9.15 Å². The number of hydrogen-bond acceptors (Lipinski definition) is 4. The minimum absolute atomic E-state index is 0.0234. The van der Waals surface area contributed by atoms with Crippen LogP contribution in [0.15, 0.2) is 111 Å². The van der Waals surface area contributed by atoms with Gasteiger partial charge in [-0.3, -0.25) is 14.5 Å². The van der Waals surface area contributed by atoms with Gasteiger partial charge >= 0.3 is 0 Å². The number of hydrogen-bond donors (Lipinski definition) is 0. The molecular formula is C30H19BrFNO4. The van der Waals surface area contributed by atoms with Crippen LogP contribution >= 0.6 is 15.9 Å². The summed E-state index contributed by atoms with van der Waals surface area (Å²) < 4.78 is 26.5. The second-order valence-corrected chi connectivity index (χ2v) is 9.63. The van der Waals surface area contributed by atoms with Crippen LogP contribution in [0.25, 0.3) is 11.0 Å². The molecule has 0 radical (unpaired) electrons. The van der Waals surface area contributed by atoms with Crippen LogP contribution in [0.5, 0.6) is 5.75 Å². The second kappa shape index (κ2) is 9.33. The van der Waals surface area contributed by atoms with Crippen LogP contribution in [0.2, 0.25) is 0 Å². The van der Waals surface area contributed by atoms with E-state index in [9.17, 15) is 14.0 Å². The number of halogens is 2. The molecule has 37 heavy (non-hydrogen) atoms. The molecular weight excluding hydrogens is 537 g/mol. The molecule has 0 fully saturated rings. The summed E-state index contributed by atoms with van der Waals surface area (Å²) >= 11 is 3.41. The maximum Gasteiger partial charge on any atom is 0.295 e. The van der Waals surface area contributed by atoms with Crippen LogP contribution < -0.4 is 15.1 Å². The molecule has 1 aliphatic heterocycles. The third-order valence-corrected chi connectivity index (χ3v) is 6.85. The lowest BCUT2D eigenvalue weighted by atomic mass is 9.98. The van der Waals surface area contributed by atoms with Crippen molar-refractivity contribution in [1.82, 2.24) is 0 Å². The molecule has 0 spiro atoms. The van der Waals surface area contributed by atoms with E-state index in [1.54, 1.807) is 18.2 Å². The van der Waals surface area contributed by atoms with Crippen molar-refractivity contribution >= 4 is 38.5 Å². The molecule has 5 nitrogen and oxygen atoms in total. The van der Waals surface area contributed by atoms with E-state index >= 15 is 0 Å². The Hall–Kier alpha value is -4.23. The SMILES string of the molecule is O=C1c2oc3ccc(Br)cc3c(=O)c2C(c2cccc(OCc3ccccc3)c2)N1c1ccc(F)cc1. The Labute approximate surface area is 219 Å². The molecule has 182 valence electrons. The fourth-order valence-electron chi connectivity index (χ4n) is 4.64. The molecule has 0 N–H and O–H groups in total. The summed E-state index contributed by atoms with van der Waals surface area (Å²) in [7, 11) is 0. The van der Waals surface area contributed by atoms with Gasteiger partial charge in [0, 0.05) is 10.2 Å². The molecule has 5 aromatic rings. The van der Waals surface area contributed by atoms with E-state index < -0.39 is 17.8 Å². The number of carbonyl (C=O) groups excluding carboxylic acids is 1. The van der Waals surface area contributed by atoms with Crippen LogP contribution in [0.1, 0.15) is 33.3 Å². The number of rotatable bonds is 5. The quantitative estimate of drug-likeness (QED) is 0.234. The molecule has 7 heteroatoms. The Morgan fingerprint density at radius 1 is 0.892 bits per heavy atom. The van der Waals surface area contributed by atoms with Crippen molar-refractivity contribution < 1.29 is 18.3 Å². The van der Waals surface area contributed by atoms with E-state index in [1.807, 2.05) is 54.6 Å². The monoisotopic (exact) mass is 555 g/mol. The first-order valence-corrected chi connectivity index (χ1v) is 12.4. The van der Waals surface area contributed by atoms with Gasteiger partial charge in [-0.1, -0.05) is 58.4 Å². The molecule has 0 saturated carbocycles. The standard InChI is InChI=1S/C30H19BrFNO4/c31-20-9-14-25-24(16-20)28(34)26-27(33(30(35)29(26)37-25)22-12-10-21(32)11-13-22)19-7-4-8-23(15-19)36-17-18-5-2-1-3-6-18/h1-16,27H,17H2. The lowest BCUT2D eigenvalue weighted by Gasteiger charge is -2.25. The van der Waals surface area contributed by atoms with E-state index in [1.165, 1.54) is 29.2 Å². The Morgan fingerprint density at radius 2 is 1.68 bits per heavy atom. The zero-order valence-corrected chi connectivity index (χ0v) is 20.9. The smallest absolute Gasteiger partial charge is 0.295 e. The van der Waals surface area contributed by atoms with E-state index in [0.717, 1.165) is 10.0 Å². The van der Waals surface area contributed by atoms with Crippen molar-refractivity contribution in [2.45, 2.75) is 12.6 Å². The van der Waals surface area contributed by atoms with Crippen LogP contribution in [0.3, 0.4) is 0 Å². The van der Waals surface area contributed by atoms with Crippen molar-refractivity contribution in [2.75, 3.05) is 4.90 Å². The van der Waals surface area contributed by atoms with Gasteiger partial charge in [0.15, 0.2) is 5.43 Å². The zero-order valence-electron chi connectivity index (χ0n) is 19.4. The van der Waals surface area contributed by atoms with Gasteiger partial charge in [-0.25, -0.2) is 4.39 Å². The molecule has 1 aliphatic rings. The summed E-state index contributed by atoms with van der Waals surface area (Å²) in [5.41, 5.74) is 2.39. The zero-order chi connectivity index (χ0) is 25.5. The number of benzene rings is 4. The Morgan fingerprint density at radius 3 is 2.46 bits per heavy atom. The first-order chi connectivity index (χ1) is 18.0. The summed E-state index contributed by atoms with van der Waals surface area (Å²) in [6.07, 6.45) is 0. The number of ether oxygens (including phenoxy) is 1. The highest BCUT2D eigenvalue weighted by Crippen LogP contribution is 2.42. The van der Waals surface area contributed by atoms with Gasteiger partial charge in [0.05, 0.1) is 17.0 Å². The van der Waals surface area contributed by atoms with E-state index in [2.05, 4.69) is 15.9 Å². The minimum Gasteiger partial charge on any atom is -0.489 e. The topological polar surface area (TPSA) is 59.8 Å². The molecule has 1 amide bonds. The highest BCUT2D eigenvalue weighted by atomic mass is 79.9. The molecule has 0 aliphatic carbocycles. The molecule has 4 aromatic carbocycles. The lowest BCUT2D eigenvalue weighted by molar-refractivity contribution is 0.0971. The predicted octanol–water partition coefficient (Wildman–Crippen LogP) is 7.02.